The van der Waals surface area contributed by atoms with E-state index in [1.165, 1.54) is 10.8 Å². The van der Waals surface area contributed by atoms with Crippen molar-refractivity contribution in [2.24, 2.45) is 0 Å². The van der Waals surface area contributed by atoms with Gasteiger partial charge in [0.15, 0.2) is 23.2 Å². The third-order valence-corrected chi connectivity index (χ3v) is 5.12. The Kier molecular flexibility index (Phi) is 4.68. The lowest BCUT2D eigenvalue weighted by molar-refractivity contribution is 0.245. The molecule has 0 fully saturated rings. The van der Waals surface area contributed by atoms with Gasteiger partial charge >= 0.3 is 5.69 Å². The number of aryl methyl sites for hydroxylation is 1. The monoisotopic (exact) mass is 428 g/mol. The van der Waals surface area contributed by atoms with E-state index >= 15 is 0 Å². The van der Waals surface area contributed by atoms with Gasteiger partial charge in [0.2, 0.25) is 5.75 Å². The van der Waals surface area contributed by atoms with E-state index in [0.717, 1.165) is 17.8 Å². The van der Waals surface area contributed by atoms with Crippen LogP contribution < -0.4 is 24.8 Å². The Morgan fingerprint density at radius 3 is 2.71 bits per heavy atom. The lowest BCUT2D eigenvalue weighted by Crippen LogP contribution is -2.32. The molecule has 2 aromatic heterocycles. The van der Waals surface area contributed by atoms with E-state index in [4.69, 9.17) is 14.2 Å². The molecule has 0 spiro atoms. The van der Waals surface area contributed by atoms with Crippen LogP contribution >= 0.6 is 0 Å². The molecule has 0 saturated heterocycles. The maximum Gasteiger partial charge on any atom is 0.352 e. The molecule has 2 aliphatic rings. The highest BCUT2D eigenvalue weighted by Gasteiger charge is 2.32. The normalized spacial score (nSPS) is 14.2. The molecule has 0 bridgehead atoms. The second kappa shape index (κ2) is 7.53. The van der Waals surface area contributed by atoms with E-state index in [0.29, 0.717) is 37.8 Å². The van der Waals surface area contributed by atoms with Crippen LogP contribution in [0.1, 0.15) is 11.3 Å². The van der Waals surface area contributed by atoms with Crippen LogP contribution in [0.4, 0.5) is 14.6 Å². The number of pyridine rings is 1. The SMILES string of the molecule is Cc1ccc(Oc2c(F)cc(COc3nc(=O)n4c5c3OCCN5CC4)cc2F)cn1. The van der Waals surface area contributed by atoms with E-state index in [1.807, 2.05) is 4.90 Å². The molecule has 10 heteroatoms. The van der Waals surface area contributed by atoms with Gasteiger partial charge in [-0.05, 0) is 36.8 Å². The lowest BCUT2D eigenvalue weighted by atomic mass is 10.2. The zero-order valence-electron chi connectivity index (χ0n) is 16.6. The Morgan fingerprint density at radius 1 is 1.16 bits per heavy atom. The van der Waals surface area contributed by atoms with Crippen LogP contribution in [0.2, 0.25) is 0 Å². The van der Waals surface area contributed by atoms with Crippen molar-refractivity contribution in [1.82, 2.24) is 14.5 Å². The molecule has 0 aliphatic carbocycles. The number of aromatic nitrogens is 3. The van der Waals surface area contributed by atoms with Crippen molar-refractivity contribution in [3.63, 3.8) is 0 Å². The van der Waals surface area contributed by atoms with Gasteiger partial charge in [-0.3, -0.25) is 9.55 Å². The summed E-state index contributed by atoms with van der Waals surface area (Å²) in [4.78, 5) is 22.3. The Morgan fingerprint density at radius 2 is 1.97 bits per heavy atom. The van der Waals surface area contributed by atoms with Crippen LogP contribution in [0.3, 0.4) is 0 Å². The Balaban J connectivity index is 1.37. The van der Waals surface area contributed by atoms with Crippen molar-refractivity contribution in [2.75, 3.05) is 24.6 Å². The van der Waals surface area contributed by atoms with Gasteiger partial charge in [0.25, 0.3) is 5.88 Å². The average molecular weight is 428 g/mol. The summed E-state index contributed by atoms with van der Waals surface area (Å²) in [6, 6.07) is 5.47. The minimum atomic E-state index is -0.884. The fourth-order valence-electron chi connectivity index (χ4n) is 3.63. The molecular weight excluding hydrogens is 410 g/mol. The number of rotatable bonds is 5. The number of anilines is 1. The summed E-state index contributed by atoms with van der Waals surface area (Å²) in [5.41, 5.74) is 0.521. The fourth-order valence-corrected chi connectivity index (χ4v) is 3.63. The first-order valence-corrected chi connectivity index (χ1v) is 9.73. The summed E-state index contributed by atoms with van der Waals surface area (Å²) >= 11 is 0. The summed E-state index contributed by atoms with van der Waals surface area (Å²) in [5, 5.41) is 0. The summed E-state index contributed by atoms with van der Waals surface area (Å²) < 4.78 is 47.1. The zero-order valence-corrected chi connectivity index (χ0v) is 16.6. The van der Waals surface area contributed by atoms with Gasteiger partial charge in [-0.1, -0.05) is 0 Å². The van der Waals surface area contributed by atoms with Crippen LogP contribution in [0.5, 0.6) is 23.1 Å². The van der Waals surface area contributed by atoms with E-state index in [1.54, 1.807) is 19.1 Å². The van der Waals surface area contributed by atoms with E-state index in [2.05, 4.69) is 9.97 Å². The highest BCUT2D eigenvalue weighted by atomic mass is 19.1. The molecule has 0 amide bonds. The van der Waals surface area contributed by atoms with Crippen LogP contribution in [-0.2, 0) is 13.2 Å². The quantitative estimate of drug-likeness (QED) is 0.618. The minimum absolute atomic E-state index is 0.00900. The van der Waals surface area contributed by atoms with Crippen molar-refractivity contribution in [2.45, 2.75) is 20.1 Å². The topological polar surface area (TPSA) is 78.7 Å². The molecule has 4 heterocycles. The smallest absolute Gasteiger partial charge is 0.352 e. The molecule has 2 aliphatic heterocycles. The average Bonchev–Trinajstić information content (AvgIpc) is 3.19. The van der Waals surface area contributed by atoms with Crippen LogP contribution in [0.15, 0.2) is 35.3 Å². The number of hydrogen-bond acceptors (Lipinski definition) is 7. The molecule has 5 rings (SSSR count). The van der Waals surface area contributed by atoms with Crippen molar-refractivity contribution in [3.05, 3.63) is 63.8 Å². The van der Waals surface area contributed by atoms with Gasteiger partial charge in [0.05, 0.1) is 12.7 Å². The molecule has 1 aromatic carbocycles. The van der Waals surface area contributed by atoms with Crippen molar-refractivity contribution in [1.29, 1.82) is 0 Å². The molecule has 8 nitrogen and oxygen atoms in total. The second-order valence-electron chi connectivity index (χ2n) is 7.25. The van der Waals surface area contributed by atoms with E-state index in [-0.39, 0.29) is 23.8 Å². The molecule has 0 radical (unpaired) electrons. The van der Waals surface area contributed by atoms with Gasteiger partial charge in [0.1, 0.15) is 19.0 Å². The third-order valence-electron chi connectivity index (χ3n) is 5.12. The number of hydrogen-bond donors (Lipinski definition) is 0. The predicted molar refractivity (Wildman–Crippen MR) is 106 cm³/mol. The number of ether oxygens (including phenoxy) is 3. The second-order valence-corrected chi connectivity index (χ2v) is 7.25. The Labute approximate surface area is 175 Å². The van der Waals surface area contributed by atoms with Crippen molar-refractivity contribution >= 4 is 5.82 Å². The van der Waals surface area contributed by atoms with Gasteiger partial charge in [0, 0.05) is 18.8 Å². The summed E-state index contributed by atoms with van der Waals surface area (Å²) in [6.07, 6.45) is 1.39. The molecule has 0 N–H and O–H groups in total. The summed E-state index contributed by atoms with van der Waals surface area (Å²) in [5.74, 6) is -1.07. The van der Waals surface area contributed by atoms with Crippen molar-refractivity contribution < 1.29 is 23.0 Å². The first kappa shape index (κ1) is 19.3. The molecule has 3 aromatic rings. The van der Waals surface area contributed by atoms with Crippen LogP contribution in [-0.4, -0.2) is 34.2 Å². The van der Waals surface area contributed by atoms with E-state index in [9.17, 15) is 13.6 Å². The molecule has 0 atom stereocenters. The standard InChI is InChI=1S/C21H18F2N4O4/c1-12-2-3-14(10-24-12)31-17-15(22)8-13(9-16(17)23)11-30-19-18-20-26(6-7-29-18)4-5-27(20)21(28)25-19/h2-3,8-10H,4-7,11H2,1H3. The number of halogens is 2. The number of benzene rings is 1. The highest BCUT2D eigenvalue weighted by Crippen LogP contribution is 2.39. The van der Waals surface area contributed by atoms with Crippen LogP contribution in [0.25, 0.3) is 0 Å². The van der Waals surface area contributed by atoms with Crippen molar-refractivity contribution in [3.8, 4) is 23.1 Å². The van der Waals surface area contributed by atoms with Gasteiger partial charge in [-0.2, -0.15) is 4.98 Å². The zero-order chi connectivity index (χ0) is 21.5. The Hall–Kier alpha value is -3.69. The largest absolute Gasteiger partial charge is 0.483 e. The first-order valence-electron chi connectivity index (χ1n) is 9.73. The maximum atomic E-state index is 14.5. The first-order chi connectivity index (χ1) is 15.0. The number of nitrogens with zero attached hydrogens (tertiary/aromatic N) is 4. The summed E-state index contributed by atoms with van der Waals surface area (Å²) in [6.45, 7) is 3.93. The highest BCUT2D eigenvalue weighted by molar-refractivity contribution is 5.61. The molecule has 0 saturated carbocycles. The molecule has 160 valence electrons. The fraction of sp³-hybridized carbons (Fsp3) is 0.286. The van der Waals surface area contributed by atoms with E-state index < -0.39 is 23.1 Å². The molecular formula is C21H18F2N4O4. The van der Waals surface area contributed by atoms with Gasteiger partial charge in [-0.15, -0.1) is 0 Å². The third kappa shape index (κ3) is 3.54. The molecule has 31 heavy (non-hydrogen) atoms. The predicted octanol–water partition coefficient (Wildman–Crippen LogP) is 2.81. The van der Waals surface area contributed by atoms with Gasteiger partial charge < -0.3 is 19.1 Å². The minimum Gasteiger partial charge on any atom is -0.483 e. The van der Waals surface area contributed by atoms with Crippen LogP contribution in [0, 0.1) is 18.6 Å². The maximum absolute atomic E-state index is 14.5. The molecule has 0 unspecified atom stereocenters. The Bertz CT molecular complexity index is 1190. The summed E-state index contributed by atoms with van der Waals surface area (Å²) in [7, 11) is 0. The lowest BCUT2D eigenvalue weighted by Gasteiger charge is -2.27. The van der Waals surface area contributed by atoms with Gasteiger partial charge in [-0.25, -0.2) is 13.6 Å².